The van der Waals surface area contributed by atoms with E-state index in [2.05, 4.69) is 29.1 Å². The molecule has 1 spiro atoms. The molecule has 7 atom stereocenters. The Kier molecular flexibility index (Phi) is 9.50. The fraction of sp³-hybridized carbons (Fsp3) is 0.457. The van der Waals surface area contributed by atoms with E-state index in [1.165, 1.54) is 0 Å². The lowest BCUT2D eigenvalue weighted by atomic mass is 9.70. The number of amides is 3. The Balaban J connectivity index is 1.62. The maximum Gasteiger partial charge on any atom is 0.247 e. The number of hydrogen-bond acceptors (Lipinski definition) is 5. The molecule has 3 saturated heterocycles. The number of halogens is 1. The summed E-state index contributed by atoms with van der Waals surface area (Å²) in [5.74, 6) is -1.88. The van der Waals surface area contributed by atoms with Gasteiger partial charge in [-0.05, 0) is 38.3 Å². The maximum atomic E-state index is 14.9. The van der Waals surface area contributed by atoms with Gasteiger partial charge >= 0.3 is 0 Å². The van der Waals surface area contributed by atoms with Gasteiger partial charge in [-0.1, -0.05) is 88.7 Å². The van der Waals surface area contributed by atoms with Crippen LogP contribution in [0.3, 0.4) is 0 Å². The first-order chi connectivity index (χ1) is 21.0. The molecule has 44 heavy (non-hydrogen) atoms. The third-order valence-electron chi connectivity index (χ3n) is 9.20. The van der Waals surface area contributed by atoms with Crippen LogP contribution in [0.4, 0.5) is 0 Å². The molecule has 0 radical (unpaired) electrons. The van der Waals surface area contributed by atoms with E-state index in [9.17, 15) is 19.5 Å². The fourth-order valence-corrected chi connectivity index (χ4v) is 11.0. The average Bonchev–Trinajstić information content (AvgIpc) is 3.59. The predicted molar refractivity (Wildman–Crippen MR) is 179 cm³/mol. The van der Waals surface area contributed by atoms with Crippen molar-refractivity contribution >= 4 is 45.4 Å². The summed E-state index contributed by atoms with van der Waals surface area (Å²) in [7, 11) is 0. The molecular weight excluding hydrogens is 638 g/mol. The zero-order valence-corrected chi connectivity index (χ0v) is 28.0. The highest BCUT2D eigenvalue weighted by atomic mass is 79.9. The lowest BCUT2D eigenvalue weighted by Crippen LogP contribution is -2.59. The molecule has 7 nitrogen and oxygen atoms in total. The first kappa shape index (κ1) is 32.5. The van der Waals surface area contributed by atoms with E-state index >= 15 is 0 Å². The van der Waals surface area contributed by atoms with Gasteiger partial charge in [0.05, 0.1) is 29.2 Å². The van der Waals surface area contributed by atoms with E-state index in [1.807, 2.05) is 81.4 Å². The normalized spacial score (nSPS) is 28.0. The number of carbonyl (C=O) groups excluding carboxylic acids is 3. The topological polar surface area (TPSA) is 81.2 Å². The van der Waals surface area contributed by atoms with Crippen LogP contribution >= 0.6 is 27.7 Å². The van der Waals surface area contributed by atoms with Crippen molar-refractivity contribution in [1.29, 1.82) is 0 Å². The van der Waals surface area contributed by atoms with Gasteiger partial charge < -0.3 is 19.8 Å². The Morgan fingerprint density at radius 1 is 1.07 bits per heavy atom. The molecule has 0 aromatic heterocycles. The molecular formula is C35H42BrN3O4S. The van der Waals surface area contributed by atoms with E-state index in [0.717, 1.165) is 11.1 Å². The Morgan fingerprint density at radius 3 is 2.25 bits per heavy atom. The molecule has 3 aliphatic rings. The number of carbonyl (C=O) groups is 3. The standard InChI is InChI=1S/C35H42BrN3O4S/c1-6-18-37(21-23-14-10-8-11-15-23)31(41)27-28-32(42)39(26(22-40)24-16-12-9-13-17-24)30(35(28)20-25(36)29(27)44-35)33(43)38(19-7-2)34(3,4)5/h6-17,25-30,40H,1-2,18-22H2,3-5H3/t25?,26-,27-,28+,29-,30?,35?/m1/s1. The third kappa shape index (κ3) is 5.56. The summed E-state index contributed by atoms with van der Waals surface area (Å²) in [5.41, 5.74) is 1.20. The fourth-order valence-electron chi connectivity index (χ4n) is 7.37. The monoisotopic (exact) mass is 679 g/mol. The SMILES string of the molecule is C=CCN(Cc1ccccc1)C(=O)[C@H]1[C@@H]2SC3(CC2Br)C(C(=O)N(CC=C)C(C)(C)C)N([C@H](CO)c2ccccc2)C(=O)[C@H]13. The molecule has 2 bridgehead atoms. The van der Waals surface area contributed by atoms with Crippen LogP contribution in [-0.2, 0) is 20.9 Å². The highest BCUT2D eigenvalue weighted by Crippen LogP contribution is 2.69. The van der Waals surface area contributed by atoms with Crippen LogP contribution in [0.25, 0.3) is 0 Å². The molecule has 234 valence electrons. The second kappa shape index (κ2) is 12.9. The Hall–Kier alpha value is -2.88. The molecule has 0 saturated carbocycles. The van der Waals surface area contributed by atoms with Crippen LogP contribution < -0.4 is 0 Å². The number of benzene rings is 2. The Morgan fingerprint density at radius 2 is 1.68 bits per heavy atom. The van der Waals surface area contributed by atoms with Crippen molar-refractivity contribution in [2.75, 3.05) is 19.7 Å². The molecule has 3 unspecified atom stereocenters. The molecule has 2 aromatic rings. The number of likely N-dealkylation sites (tertiary alicyclic amines) is 1. The Bertz CT molecular complexity index is 1400. The second-order valence-corrected chi connectivity index (χ2v) is 15.6. The zero-order chi connectivity index (χ0) is 31.8. The molecule has 1 N–H and O–H groups in total. The first-order valence-corrected chi connectivity index (χ1v) is 17.0. The summed E-state index contributed by atoms with van der Waals surface area (Å²) in [6.07, 6.45) is 3.98. The molecule has 3 amide bonds. The quantitative estimate of drug-likeness (QED) is 0.261. The van der Waals surface area contributed by atoms with Crippen molar-refractivity contribution in [3.05, 3.63) is 97.1 Å². The van der Waals surface area contributed by atoms with Crippen molar-refractivity contribution in [2.45, 2.75) is 66.2 Å². The molecule has 2 aromatic carbocycles. The maximum absolute atomic E-state index is 14.9. The largest absolute Gasteiger partial charge is 0.394 e. The summed E-state index contributed by atoms with van der Waals surface area (Å²) in [6, 6.07) is 17.6. The van der Waals surface area contributed by atoms with Crippen LogP contribution in [0.5, 0.6) is 0 Å². The van der Waals surface area contributed by atoms with Crippen molar-refractivity contribution in [3.63, 3.8) is 0 Å². The van der Waals surface area contributed by atoms with Gasteiger partial charge in [0.1, 0.15) is 6.04 Å². The summed E-state index contributed by atoms with van der Waals surface area (Å²) >= 11 is 5.49. The third-order valence-corrected chi connectivity index (χ3v) is 12.4. The number of aliphatic hydroxyl groups excluding tert-OH is 1. The van der Waals surface area contributed by atoms with Crippen LogP contribution in [-0.4, -0.2) is 83.6 Å². The lowest BCUT2D eigenvalue weighted by molar-refractivity contribution is -0.149. The van der Waals surface area contributed by atoms with Gasteiger partial charge in [0.15, 0.2) is 0 Å². The van der Waals surface area contributed by atoms with Crippen LogP contribution in [0.15, 0.2) is 86.0 Å². The van der Waals surface area contributed by atoms with Crippen molar-refractivity contribution in [1.82, 2.24) is 14.7 Å². The summed E-state index contributed by atoms with van der Waals surface area (Å²) in [4.78, 5) is 49.4. The van der Waals surface area contributed by atoms with Crippen molar-refractivity contribution in [3.8, 4) is 0 Å². The van der Waals surface area contributed by atoms with Gasteiger partial charge in [0, 0.05) is 35.3 Å². The Labute approximate surface area is 273 Å². The van der Waals surface area contributed by atoms with E-state index in [1.54, 1.807) is 38.6 Å². The lowest BCUT2D eigenvalue weighted by Gasteiger charge is -2.43. The minimum absolute atomic E-state index is 0.0603. The molecule has 3 fully saturated rings. The molecule has 3 aliphatic heterocycles. The van der Waals surface area contributed by atoms with Gasteiger partial charge in [-0.25, -0.2) is 0 Å². The van der Waals surface area contributed by atoms with Crippen LogP contribution in [0, 0.1) is 11.8 Å². The highest BCUT2D eigenvalue weighted by Gasteiger charge is 2.76. The van der Waals surface area contributed by atoms with E-state index in [0.29, 0.717) is 26.1 Å². The summed E-state index contributed by atoms with van der Waals surface area (Å²) < 4.78 is -0.840. The van der Waals surface area contributed by atoms with E-state index in [4.69, 9.17) is 0 Å². The van der Waals surface area contributed by atoms with E-state index in [-0.39, 0.29) is 34.4 Å². The van der Waals surface area contributed by atoms with Crippen molar-refractivity contribution < 1.29 is 19.5 Å². The first-order valence-electron chi connectivity index (χ1n) is 15.2. The average molecular weight is 681 g/mol. The molecule has 9 heteroatoms. The van der Waals surface area contributed by atoms with Gasteiger partial charge in [-0.15, -0.1) is 24.9 Å². The number of fused-ring (bicyclic) bond motifs is 1. The second-order valence-electron chi connectivity index (χ2n) is 12.9. The van der Waals surface area contributed by atoms with Gasteiger partial charge in [0.2, 0.25) is 17.7 Å². The number of alkyl halides is 1. The molecule has 5 rings (SSSR count). The van der Waals surface area contributed by atoms with E-state index < -0.39 is 34.2 Å². The van der Waals surface area contributed by atoms with Gasteiger partial charge in [-0.3, -0.25) is 14.4 Å². The molecule has 3 heterocycles. The minimum Gasteiger partial charge on any atom is -0.394 e. The van der Waals surface area contributed by atoms with Gasteiger partial charge in [-0.2, -0.15) is 0 Å². The summed E-state index contributed by atoms with van der Waals surface area (Å²) in [6.45, 7) is 14.4. The zero-order valence-electron chi connectivity index (χ0n) is 25.6. The number of rotatable bonds is 11. The van der Waals surface area contributed by atoms with Crippen LogP contribution in [0.1, 0.15) is 44.4 Å². The van der Waals surface area contributed by atoms with Crippen LogP contribution in [0.2, 0.25) is 0 Å². The molecule has 0 aliphatic carbocycles. The smallest absolute Gasteiger partial charge is 0.247 e. The highest BCUT2D eigenvalue weighted by molar-refractivity contribution is 9.09. The number of hydrogen-bond donors (Lipinski definition) is 1. The predicted octanol–water partition coefficient (Wildman–Crippen LogP) is 5.21. The number of thioether (sulfide) groups is 1. The van der Waals surface area contributed by atoms with Gasteiger partial charge in [0.25, 0.3) is 0 Å². The number of nitrogens with zero attached hydrogens (tertiary/aromatic N) is 3. The minimum atomic E-state index is -0.869. The van der Waals surface area contributed by atoms with Crippen molar-refractivity contribution in [2.24, 2.45) is 11.8 Å². The number of aliphatic hydroxyl groups is 1. The summed E-state index contributed by atoms with van der Waals surface area (Å²) in [5, 5.41) is 10.6.